The average Bonchev–Trinajstić information content (AvgIpc) is 2.91. The number of amides is 1. The molecule has 19 heavy (non-hydrogen) atoms. The molecule has 3 nitrogen and oxygen atoms in total. The van der Waals surface area contributed by atoms with Crippen molar-refractivity contribution in [2.45, 2.75) is 12.5 Å². The number of rotatable bonds is 2. The largest absolute Gasteiger partial charge is 0.348 e. The molecule has 1 heterocycles. The Labute approximate surface area is 120 Å². The number of hydrogen-bond donors (Lipinski definition) is 2. The van der Waals surface area contributed by atoms with Crippen LogP contribution in [0.2, 0.25) is 0 Å². The lowest BCUT2D eigenvalue weighted by molar-refractivity contribution is 0.0940. The summed E-state index contributed by atoms with van der Waals surface area (Å²) in [6, 6.07) is 12.1. The van der Waals surface area contributed by atoms with Gasteiger partial charge in [0, 0.05) is 22.6 Å². The maximum absolute atomic E-state index is 12.2. The summed E-state index contributed by atoms with van der Waals surface area (Å²) in [4.78, 5) is 12.2. The van der Waals surface area contributed by atoms with Crippen molar-refractivity contribution in [3.8, 4) is 0 Å². The third-order valence-electron chi connectivity index (χ3n) is 3.46. The highest BCUT2D eigenvalue weighted by Gasteiger charge is 2.17. The Morgan fingerprint density at radius 2 is 2.00 bits per heavy atom. The minimum absolute atomic E-state index is 0.0125. The van der Waals surface area contributed by atoms with E-state index in [0.717, 1.165) is 40.3 Å². The summed E-state index contributed by atoms with van der Waals surface area (Å²) in [5.41, 5.74) is 0.724. The normalized spacial score (nSPS) is 18.7. The molecule has 1 atom stereocenters. The van der Waals surface area contributed by atoms with Gasteiger partial charge in [-0.1, -0.05) is 28.1 Å². The minimum Gasteiger partial charge on any atom is -0.348 e. The molecular weight excluding hydrogens is 304 g/mol. The predicted octanol–water partition coefficient (Wildman–Crippen LogP) is 2.69. The zero-order valence-electron chi connectivity index (χ0n) is 10.4. The van der Waals surface area contributed by atoms with Gasteiger partial charge in [-0.05, 0) is 48.0 Å². The first-order chi connectivity index (χ1) is 9.22. The van der Waals surface area contributed by atoms with Gasteiger partial charge < -0.3 is 10.6 Å². The zero-order valence-corrected chi connectivity index (χ0v) is 12.0. The van der Waals surface area contributed by atoms with E-state index >= 15 is 0 Å². The van der Waals surface area contributed by atoms with Gasteiger partial charge in [0.2, 0.25) is 0 Å². The molecule has 0 unspecified atom stereocenters. The quantitative estimate of drug-likeness (QED) is 0.894. The second-order valence-corrected chi connectivity index (χ2v) is 5.79. The lowest BCUT2D eigenvalue weighted by atomic mass is 10.1. The number of carbonyl (C=O) groups excluding carboxylic acids is 1. The number of nitrogens with one attached hydrogen (secondary N) is 2. The van der Waals surface area contributed by atoms with Crippen LogP contribution in [0.3, 0.4) is 0 Å². The molecule has 1 fully saturated rings. The Kier molecular flexibility index (Phi) is 3.53. The van der Waals surface area contributed by atoms with E-state index in [1.54, 1.807) is 0 Å². The molecular formula is C15H15BrN2O. The molecule has 0 spiro atoms. The standard InChI is InChI=1S/C15H15BrN2O/c16-13-4-3-10-7-12(2-1-11(10)8-13)15(19)18-14-5-6-17-9-14/h1-4,7-8,14,17H,5-6,9H2,(H,18,19)/t14-/m0/s1. The fourth-order valence-electron chi connectivity index (χ4n) is 2.40. The van der Waals surface area contributed by atoms with E-state index in [9.17, 15) is 4.79 Å². The van der Waals surface area contributed by atoms with Crippen molar-refractivity contribution in [3.63, 3.8) is 0 Å². The van der Waals surface area contributed by atoms with Gasteiger partial charge in [0.05, 0.1) is 0 Å². The molecule has 0 radical (unpaired) electrons. The fraction of sp³-hybridized carbons (Fsp3) is 0.267. The number of halogens is 1. The van der Waals surface area contributed by atoms with E-state index in [1.165, 1.54) is 0 Å². The SMILES string of the molecule is O=C(N[C@H]1CCNC1)c1ccc2cc(Br)ccc2c1. The van der Waals surface area contributed by atoms with Crippen LogP contribution in [-0.2, 0) is 0 Å². The maximum atomic E-state index is 12.2. The van der Waals surface area contributed by atoms with Gasteiger partial charge in [-0.3, -0.25) is 4.79 Å². The molecule has 2 aromatic carbocycles. The predicted molar refractivity (Wildman–Crippen MR) is 80.4 cm³/mol. The van der Waals surface area contributed by atoms with Crippen LogP contribution in [0.5, 0.6) is 0 Å². The van der Waals surface area contributed by atoms with Gasteiger partial charge in [0.1, 0.15) is 0 Å². The molecule has 3 rings (SSSR count). The third-order valence-corrected chi connectivity index (χ3v) is 3.95. The summed E-state index contributed by atoms with van der Waals surface area (Å²) in [5.74, 6) is 0.0125. The van der Waals surface area contributed by atoms with E-state index in [0.29, 0.717) is 0 Å². The van der Waals surface area contributed by atoms with Crippen LogP contribution in [0, 0.1) is 0 Å². The molecule has 0 bridgehead atoms. The topological polar surface area (TPSA) is 41.1 Å². The molecule has 98 valence electrons. The van der Waals surface area contributed by atoms with Crippen molar-refractivity contribution in [3.05, 3.63) is 46.4 Å². The number of benzene rings is 2. The van der Waals surface area contributed by atoms with Gasteiger partial charge in [-0.2, -0.15) is 0 Å². The molecule has 1 aliphatic heterocycles. The molecule has 1 aliphatic rings. The molecule has 0 aliphatic carbocycles. The van der Waals surface area contributed by atoms with Crippen LogP contribution in [0.4, 0.5) is 0 Å². The van der Waals surface area contributed by atoms with Crippen LogP contribution in [0.25, 0.3) is 10.8 Å². The van der Waals surface area contributed by atoms with Crippen molar-refractivity contribution in [2.24, 2.45) is 0 Å². The Morgan fingerprint density at radius 1 is 1.21 bits per heavy atom. The van der Waals surface area contributed by atoms with Crippen LogP contribution in [0.1, 0.15) is 16.8 Å². The van der Waals surface area contributed by atoms with Crippen LogP contribution >= 0.6 is 15.9 Å². The van der Waals surface area contributed by atoms with E-state index in [2.05, 4.69) is 32.6 Å². The molecule has 0 aromatic heterocycles. The van der Waals surface area contributed by atoms with Crippen molar-refractivity contribution >= 4 is 32.6 Å². The smallest absolute Gasteiger partial charge is 0.251 e. The second-order valence-electron chi connectivity index (χ2n) is 4.87. The Balaban J connectivity index is 1.83. The average molecular weight is 319 g/mol. The summed E-state index contributed by atoms with van der Waals surface area (Å²) in [7, 11) is 0. The van der Waals surface area contributed by atoms with Crippen molar-refractivity contribution in [2.75, 3.05) is 13.1 Å². The molecule has 1 saturated heterocycles. The first-order valence-electron chi connectivity index (χ1n) is 6.43. The highest BCUT2D eigenvalue weighted by atomic mass is 79.9. The second kappa shape index (κ2) is 5.31. The Hall–Kier alpha value is -1.39. The third kappa shape index (κ3) is 2.80. The number of fused-ring (bicyclic) bond motifs is 1. The molecule has 2 N–H and O–H groups in total. The summed E-state index contributed by atoms with van der Waals surface area (Å²) in [6.45, 7) is 1.85. The number of hydrogen-bond acceptors (Lipinski definition) is 2. The van der Waals surface area contributed by atoms with Crippen LogP contribution < -0.4 is 10.6 Å². The lowest BCUT2D eigenvalue weighted by Crippen LogP contribution is -2.36. The van der Waals surface area contributed by atoms with Crippen LogP contribution in [-0.4, -0.2) is 25.0 Å². The van der Waals surface area contributed by atoms with E-state index < -0.39 is 0 Å². The van der Waals surface area contributed by atoms with E-state index in [4.69, 9.17) is 0 Å². The van der Waals surface area contributed by atoms with Crippen molar-refractivity contribution < 1.29 is 4.79 Å². The van der Waals surface area contributed by atoms with Gasteiger partial charge in [-0.15, -0.1) is 0 Å². The molecule has 1 amide bonds. The Bertz CT molecular complexity index is 621. The van der Waals surface area contributed by atoms with Gasteiger partial charge >= 0.3 is 0 Å². The van der Waals surface area contributed by atoms with Crippen molar-refractivity contribution in [1.82, 2.24) is 10.6 Å². The first kappa shape index (κ1) is 12.6. The zero-order chi connectivity index (χ0) is 13.2. The molecule has 0 saturated carbocycles. The Morgan fingerprint density at radius 3 is 2.79 bits per heavy atom. The van der Waals surface area contributed by atoms with Gasteiger partial charge in [-0.25, -0.2) is 0 Å². The summed E-state index contributed by atoms with van der Waals surface area (Å²) in [6.07, 6.45) is 1.01. The monoisotopic (exact) mass is 318 g/mol. The lowest BCUT2D eigenvalue weighted by Gasteiger charge is -2.11. The fourth-order valence-corrected chi connectivity index (χ4v) is 2.78. The van der Waals surface area contributed by atoms with E-state index in [1.807, 2.05) is 30.3 Å². The summed E-state index contributed by atoms with van der Waals surface area (Å²) in [5, 5.41) is 8.52. The maximum Gasteiger partial charge on any atom is 0.251 e. The first-order valence-corrected chi connectivity index (χ1v) is 7.22. The minimum atomic E-state index is 0.0125. The highest BCUT2D eigenvalue weighted by molar-refractivity contribution is 9.10. The summed E-state index contributed by atoms with van der Waals surface area (Å²) >= 11 is 3.45. The highest BCUT2D eigenvalue weighted by Crippen LogP contribution is 2.21. The summed E-state index contributed by atoms with van der Waals surface area (Å²) < 4.78 is 1.05. The number of carbonyl (C=O) groups is 1. The molecule has 2 aromatic rings. The van der Waals surface area contributed by atoms with Gasteiger partial charge in [0.15, 0.2) is 0 Å². The van der Waals surface area contributed by atoms with Crippen molar-refractivity contribution in [1.29, 1.82) is 0 Å². The van der Waals surface area contributed by atoms with Gasteiger partial charge in [0.25, 0.3) is 5.91 Å². The van der Waals surface area contributed by atoms with E-state index in [-0.39, 0.29) is 11.9 Å². The van der Waals surface area contributed by atoms with Crippen LogP contribution in [0.15, 0.2) is 40.9 Å². The molecule has 4 heteroatoms.